The first-order chi connectivity index (χ1) is 10.1. The van der Waals surface area contributed by atoms with E-state index in [0.29, 0.717) is 26.1 Å². The first-order valence-corrected chi connectivity index (χ1v) is 7.40. The molecule has 0 aromatic heterocycles. The number of likely N-dealkylation sites (tertiary alicyclic amines) is 1. The topological polar surface area (TPSA) is 49.8 Å². The second kappa shape index (κ2) is 6.89. The van der Waals surface area contributed by atoms with Crippen LogP contribution in [0.15, 0.2) is 24.3 Å². The Balaban J connectivity index is 1.86. The van der Waals surface area contributed by atoms with E-state index in [-0.39, 0.29) is 11.6 Å². The summed E-state index contributed by atoms with van der Waals surface area (Å²) in [6.45, 7) is 4.31. The summed E-state index contributed by atoms with van der Waals surface area (Å²) in [6, 6.07) is 6.31. The van der Waals surface area contributed by atoms with Gasteiger partial charge in [0.1, 0.15) is 6.61 Å². The summed E-state index contributed by atoms with van der Waals surface area (Å²) in [7, 11) is 0. The first kappa shape index (κ1) is 15.8. The number of carboxylic acids is 1. The van der Waals surface area contributed by atoms with Gasteiger partial charge in [0.05, 0.1) is 5.41 Å². The van der Waals surface area contributed by atoms with E-state index in [1.54, 1.807) is 18.2 Å². The lowest BCUT2D eigenvalue weighted by molar-refractivity contribution is -0.153. The van der Waals surface area contributed by atoms with Crippen molar-refractivity contribution in [3.8, 4) is 5.75 Å². The number of rotatable bonds is 6. The van der Waals surface area contributed by atoms with Crippen LogP contribution >= 0.6 is 0 Å². The van der Waals surface area contributed by atoms with Gasteiger partial charge >= 0.3 is 5.97 Å². The lowest BCUT2D eigenvalue weighted by Crippen LogP contribution is -2.48. The summed E-state index contributed by atoms with van der Waals surface area (Å²) in [6.07, 6.45) is 2.23. The SMILES string of the molecule is CCC1(C(=O)O)CCCN(CCOc2ccccc2F)C1. The van der Waals surface area contributed by atoms with Crippen molar-refractivity contribution in [2.45, 2.75) is 26.2 Å². The van der Waals surface area contributed by atoms with Crippen molar-refractivity contribution in [2.75, 3.05) is 26.2 Å². The van der Waals surface area contributed by atoms with E-state index in [4.69, 9.17) is 4.74 Å². The van der Waals surface area contributed by atoms with E-state index >= 15 is 0 Å². The molecule has 1 heterocycles. The average Bonchev–Trinajstić information content (AvgIpc) is 2.49. The van der Waals surface area contributed by atoms with E-state index < -0.39 is 11.4 Å². The number of ether oxygens (including phenoxy) is 1. The largest absolute Gasteiger partial charge is 0.489 e. The quantitative estimate of drug-likeness (QED) is 0.876. The second-order valence-electron chi connectivity index (χ2n) is 5.60. The molecule has 1 unspecified atom stereocenters. The number of carboxylic acid groups (broad SMARTS) is 1. The third-order valence-electron chi connectivity index (χ3n) is 4.29. The molecule has 1 aromatic rings. The molecule has 116 valence electrons. The summed E-state index contributed by atoms with van der Waals surface area (Å²) in [5, 5.41) is 9.44. The minimum Gasteiger partial charge on any atom is -0.489 e. The van der Waals surface area contributed by atoms with Crippen molar-refractivity contribution in [3.63, 3.8) is 0 Å². The molecule has 4 nitrogen and oxygen atoms in total. The van der Waals surface area contributed by atoms with Crippen LogP contribution in [0.1, 0.15) is 26.2 Å². The third kappa shape index (κ3) is 3.73. The molecule has 0 aliphatic carbocycles. The minimum atomic E-state index is -0.718. The summed E-state index contributed by atoms with van der Waals surface area (Å²) >= 11 is 0. The van der Waals surface area contributed by atoms with Crippen LogP contribution < -0.4 is 4.74 Å². The van der Waals surface area contributed by atoms with Crippen LogP contribution in [0.4, 0.5) is 4.39 Å². The fourth-order valence-corrected chi connectivity index (χ4v) is 2.88. The molecule has 0 bridgehead atoms. The molecule has 5 heteroatoms. The van der Waals surface area contributed by atoms with Crippen LogP contribution in [0.25, 0.3) is 0 Å². The summed E-state index contributed by atoms with van der Waals surface area (Å²) in [5.74, 6) is -0.844. The zero-order chi connectivity index (χ0) is 15.3. The Bertz CT molecular complexity index is 494. The maximum Gasteiger partial charge on any atom is 0.310 e. The Morgan fingerprint density at radius 2 is 2.24 bits per heavy atom. The molecule has 21 heavy (non-hydrogen) atoms. The molecule has 1 fully saturated rings. The normalized spacial score (nSPS) is 23.0. The van der Waals surface area contributed by atoms with Crippen LogP contribution in [0, 0.1) is 11.2 Å². The monoisotopic (exact) mass is 295 g/mol. The maximum absolute atomic E-state index is 13.4. The van der Waals surface area contributed by atoms with Crippen LogP contribution in [-0.2, 0) is 4.79 Å². The zero-order valence-corrected chi connectivity index (χ0v) is 12.3. The van der Waals surface area contributed by atoms with E-state index in [1.807, 2.05) is 6.92 Å². The highest BCUT2D eigenvalue weighted by molar-refractivity contribution is 5.75. The number of halogens is 1. The van der Waals surface area contributed by atoms with Gasteiger partial charge in [-0.05, 0) is 37.9 Å². The Labute approximate surface area is 124 Å². The van der Waals surface area contributed by atoms with E-state index in [1.165, 1.54) is 6.07 Å². The number of nitrogens with zero attached hydrogens (tertiary/aromatic N) is 1. The fourth-order valence-electron chi connectivity index (χ4n) is 2.88. The van der Waals surface area contributed by atoms with Gasteiger partial charge in [0, 0.05) is 13.1 Å². The van der Waals surface area contributed by atoms with Crippen molar-refractivity contribution >= 4 is 5.97 Å². The molecule has 0 radical (unpaired) electrons. The van der Waals surface area contributed by atoms with Gasteiger partial charge in [-0.15, -0.1) is 0 Å². The molecule has 1 aliphatic rings. The van der Waals surface area contributed by atoms with Crippen molar-refractivity contribution in [3.05, 3.63) is 30.1 Å². The molecule has 2 rings (SSSR count). The summed E-state index contributed by atoms with van der Waals surface area (Å²) < 4.78 is 18.9. The zero-order valence-electron chi connectivity index (χ0n) is 12.3. The van der Waals surface area contributed by atoms with E-state index in [0.717, 1.165) is 19.4 Å². The molecule has 0 saturated carbocycles. The number of aliphatic carboxylic acids is 1. The third-order valence-corrected chi connectivity index (χ3v) is 4.29. The smallest absolute Gasteiger partial charge is 0.310 e. The lowest BCUT2D eigenvalue weighted by atomic mass is 9.78. The van der Waals surface area contributed by atoms with E-state index in [2.05, 4.69) is 4.90 Å². The number of hydrogen-bond acceptors (Lipinski definition) is 3. The van der Waals surface area contributed by atoms with Gasteiger partial charge in [-0.25, -0.2) is 4.39 Å². The van der Waals surface area contributed by atoms with Gasteiger partial charge in [-0.2, -0.15) is 0 Å². The molecule has 1 saturated heterocycles. The predicted molar refractivity (Wildman–Crippen MR) is 77.9 cm³/mol. The van der Waals surface area contributed by atoms with Crippen molar-refractivity contribution in [1.29, 1.82) is 0 Å². The first-order valence-electron chi connectivity index (χ1n) is 7.40. The highest BCUT2D eigenvalue weighted by atomic mass is 19.1. The van der Waals surface area contributed by atoms with Gasteiger partial charge in [-0.1, -0.05) is 19.1 Å². The Morgan fingerprint density at radius 3 is 2.90 bits per heavy atom. The van der Waals surface area contributed by atoms with Crippen LogP contribution in [-0.4, -0.2) is 42.2 Å². The Kier molecular flexibility index (Phi) is 5.17. The van der Waals surface area contributed by atoms with Gasteiger partial charge in [0.15, 0.2) is 11.6 Å². The number of benzene rings is 1. The Morgan fingerprint density at radius 1 is 1.48 bits per heavy atom. The molecular formula is C16H22FNO3. The van der Waals surface area contributed by atoms with Crippen molar-refractivity contribution < 1.29 is 19.0 Å². The highest BCUT2D eigenvalue weighted by Gasteiger charge is 2.40. The Hall–Kier alpha value is -1.62. The number of hydrogen-bond donors (Lipinski definition) is 1. The van der Waals surface area contributed by atoms with Crippen LogP contribution in [0.3, 0.4) is 0 Å². The van der Waals surface area contributed by atoms with Crippen LogP contribution in [0.2, 0.25) is 0 Å². The van der Waals surface area contributed by atoms with Crippen molar-refractivity contribution in [1.82, 2.24) is 4.90 Å². The molecule has 1 aromatic carbocycles. The molecule has 0 amide bonds. The number of piperidine rings is 1. The predicted octanol–water partition coefficient (Wildman–Crippen LogP) is 2.78. The van der Waals surface area contributed by atoms with Crippen molar-refractivity contribution in [2.24, 2.45) is 5.41 Å². The van der Waals surface area contributed by atoms with Gasteiger partial charge in [-0.3, -0.25) is 9.69 Å². The lowest BCUT2D eigenvalue weighted by Gasteiger charge is -2.39. The van der Waals surface area contributed by atoms with E-state index in [9.17, 15) is 14.3 Å². The van der Waals surface area contributed by atoms with Crippen LogP contribution in [0.5, 0.6) is 5.75 Å². The van der Waals surface area contributed by atoms with Gasteiger partial charge < -0.3 is 9.84 Å². The molecule has 0 spiro atoms. The molecule has 1 N–H and O–H groups in total. The number of para-hydroxylation sites is 1. The standard InChI is InChI=1S/C16H22FNO3/c1-2-16(15(19)20)8-5-9-18(12-16)10-11-21-14-7-4-3-6-13(14)17/h3-4,6-7H,2,5,8-12H2,1H3,(H,19,20). The maximum atomic E-state index is 13.4. The highest BCUT2D eigenvalue weighted by Crippen LogP contribution is 2.33. The summed E-state index contributed by atoms with van der Waals surface area (Å²) in [5.41, 5.74) is -0.643. The van der Waals surface area contributed by atoms with Gasteiger partial charge in [0.2, 0.25) is 0 Å². The summed E-state index contributed by atoms with van der Waals surface area (Å²) in [4.78, 5) is 13.6. The van der Waals surface area contributed by atoms with Gasteiger partial charge in [0.25, 0.3) is 0 Å². The average molecular weight is 295 g/mol. The molecule has 1 atom stereocenters. The fraction of sp³-hybridized carbons (Fsp3) is 0.562. The second-order valence-corrected chi connectivity index (χ2v) is 5.60. The minimum absolute atomic E-state index is 0.245. The molecular weight excluding hydrogens is 273 g/mol. The molecule has 1 aliphatic heterocycles. The number of carbonyl (C=O) groups is 1.